The number of aromatic hydroxyl groups is 1. The van der Waals surface area contributed by atoms with Crippen molar-refractivity contribution in [2.75, 3.05) is 0 Å². The number of benzene rings is 1. The van der Waals surface area contributed by atoms with E-state index in [2.05, 4.69) is 9.97 Å². The van der Waals surface area contributed by atoms with Gasteiger partial charge in [0.05, 0.1) is 12.1 Å². The maximum absolute atomic E-state index is 9.29. The van der Waals surface area contributed by atoms with Gasteiger partial charge in [0.25, 0.3) is 0 Å². The van der Waals surface area contributed by atoms with Crippen LogP contribution in [0.1, 0.15) is 11.5 Å². The molecule has 0 saturated carbocycles. The molecule has 1 heterocycles. The van der Waals surface area contributed by atoms with Crippen molar-refractivity contribution in [3.63, 3.8) is 0 Å². The van der Waals surface area contributed by atoms with Gasteiger partial charge in [-0.15, -0.1) is 0 Å². The molecule has 2 aromatic rings. The van der Waals surface area contributed by atoms with Gasteiger partial charge in [-0.3, -0.25) is 0 Å². The Morgan fingerprint density at radius 2 is 2.14 bits per heavy atom. The van der Waals surface area contributed by atoms with Crippen molar-refractivity contribution in [2.24, 2.45) is 5.73 Å². The quantitative estimate of drug-likeness (QED) is 0.704. The Labute approximate surface area is 81.4 Å². The third-order valence-electron chi connectivity index (χ3n) is 2.10. The number of nitrogens with two attached hydrogens (primary N) is 1. The molecule has 0 unspecified atom stereocenters. The van der Waals surface area contributed by atoms with Crippen molar-refractivity contribution in [1.29, 1.82) is 0 Å². The molecule has 0 aliphatic rings. The average molecular weight is 189 g/mol. The molecule has 0 bridgehead atoms. The highest BCUT2D eigenvalue weighted by molar-refractivity contribution is 5.81. The second kappa shape index (κ2) is 3.23. The predicted octanol–water partition coefficient (Wildman–Crippen LogP) is 1.10. The number of fused-ring (bicyclic) bond motifs is 1. The van der Waals surface area contributed by atoms with Gasteiger partial charge in [0, 0.05) is 17.1 Å². The van der Waals surface area contributed by atoms with Crippen LogP contribution in [0.2, 0.25) is 0 Å². The van der Waals surface area contributed by atoms with Crippen LogP contribution in [-0.2, 0) is 6.54 Å². The van der Waals surface area contributed by atoms with E-state index in [4.69, 9.17) is 5.73 Å². The maximum Gasteiger partial charge on any atom is 0.142 e. The first-order valence-corrected chi connectivity index (χ1v) is 4.37. The van der Waals surface area contributed by atoms with Gasteiger partial charge in [-0.2, -0.15) is 0 Å². The van der Waals surface area contributed by atoms with Crippen LogP contribution in [0.3, 0.4) is 0 Å². The molecule has 0 amide bonds. The molecule has 0 saturated heterocycles. The number of nitrogens with zero attached hydrogens (tertiary/aromatic N) is 2. The molecule has 0 radical (unpaired) electrons. The fourth-order valence-electron chi connectivity index (χ4n) is 1.43. The summed E-state index contributed by atoms with van der Waals surface area (Å²) in [6.07, 6.45) is 0. The van der Waals surface area contributed by atoms with Crippen LogP contribution in [0, 0.1) is 6.92 Å². The normalized spacial score (nSPS) is 10.7. The van der Waals surface area contributed by atoms with E-state index in [9.17, 15) is 5.11 Å². The molecule has 1 aromatic carbocycles. The minimum Gasteiger partial charge on any atom is -0.508 e. The Kier molecular flexibility index (Phi) is 2.05. The van der Waals surface area contributed by atoms with Gasteiger partial charge in [-0.25, -0.2) is 9.97 Å². The summed E-state index contributed by atoms with van der Waals surface area (Å²) in [6, 6.07) is 5.05. The lowest BCUT2D eigenvalue weighted by atomic mass is 10.2. The van der Waals surface area contributed by atoms with Gasteiger partial charge in [-0.1, -0.05) is 0 Å². The number of hydrogen-bond donors (Lipinski definition) is 2. The van der Waals surface area contributed by atoms with Gasteiger partial charge in [0.15, 0.2) is 0 Å². The minimum atomic E-state index is 0.207. The van der Waals surface area contributed by atoms with Gasteiger partial charge in [0.2, 0.25) is 0 Å². The Morgan fingerprint density at radius 1 is 1.36 bits per heavy atom. The molecular formula is C10H11N3O. The van der Waals surface area contributed by atoms with E-state index >= 15 is 0 Å². The third kappa shape index (κ3) is 1.40. The molecular weight excluding hydrogens is 178 g/mol. The van der Waals surface area contributed by atoms with E-state index < -0.39 is 0 Å². The Balaban J connectivity index is 2.77. The lowest BCUT2D eigenvalue weighted by Crippen LogP contribution is -2.04. The second-order valence-corrected chi connectivity index (χ2v) is 3.13. The Bertz CT molecular complexity index is 482. The summed E-state index contributed by atoms with van der Waals surface area (Å²) in [5.74, 6) is 0.805. The summed E-state index contributed by atoms with van der Waals surface area (Å²) in [4.78, 5) is 8.45. The monoisotopic (exact) mass is 189 g/mol. The topological polar surface area (TPSA) is 72.0 Å². The molecule has 72 valence electrons. The van der Waals surface area contributed by atoms with Crippen molar-refractivity contribution in [1.82, 2.24) is 9.97 Å². The number of phenols is 1. The highest BCUT2D eigenvalue weighted by Gasteiger charge is 2.03. The van der Waals surface area contributed by atoms with E-state index in [0.29, 0.717) is 12.4 Å². The summed E-state index contributed by atoms with van der Waals surface area (Å²) < 4.78 is 0. The standard InChI is InChI=1S/C10H11N3O/c1-6-8-3-2-7(14)4-9(8)13-10(5-11)12-6/h2-4,14H,5,11H2,1H3. The summed E-state index contributed by atoms with van der Waals surface area (Å²) >= 11 is 0. The van der Waals surface area contributed by atoms with Crippen LogP contribution in [0.15, 0.2) is 18.2 Å². The number of phenolic OH excluding ortho intramolecular Hbond substituents is 1. The van der Waals surface area contributed by atoms with Crippen LogP contribution < -0.4 is 5.73 Å². The van der Waals surface area contributed by atoms with E-state index in [1.807, 2.05) is 6.92 Å². The molecule has 3 N–H and O–H groups in total. The fraction of sp³-hybridized carbons (Fsp3) is 0.200. The molecule has 4 heteroatoms. The lowest BCUT2D eigenvalue weighted by molar-refractivity contribution is 0.476. The smallest absolute Gasteiger partial charge is 0.142 e. The number of hydrogen-bond acceptors (Lipinski definition) is 4. The molecule has 14 heavy (non-hydrogen) atoms. The van der Waals surface area contributed by atoms with Crippen molar-refractivity contribution in [3.8, 4) is 5.75 Å². The third-order valence-corrected chi connectivity index (χ3v) is 2.10. The highest BCUT2D eigenvalue weighted by Crippen LogP contribution is 2.20. The van der Waals surface area contributed by atoms with Gasteiger partial charge in [-0.05, 0) is 19.1 Å². The molecule has 2 rings (SSSR count). The molecule has 0 fully saturated rings. The Morgan fingerprint density at radius 3 is 2.86 bits per heavy atom. The fourth-order valence-corrected chi connectivity index (χ4v) is 1.43. The highest BCUT2D eigenvalue weighted by atomic mass is 16.3. The van der Waals surface area contributed by atoms with Crippen molar-refractivity contribution < 1.29 is 5.11 Å². The van der Waals surface area contributed by atoms with Crippen molar-refractivity contribution >= 4 is 10.9 Å². The van der Waals surface area contributed by atoms with Crippen molar-refractivity contribution in [3.05, 3.63) is 29.7 Å². The largest absolute Gasteiger partial charge is 0.508 e. The zero-order valence-electron chi connectivity index (χ0n) is 7.86. The van der Waals surface area contributed by atoms with Crippen LogP contribution >= 0.6 is 0 Å². The zero-order valence-corrected chi connectivity index (χ0v) is 7.86. The Hall–Kier alpha value is -1.68. The molecule has 0 spiro atoms. The summed E-state index contributed by atoms with van der Waals surface area (Å²) in [5, 5.41) is 10.2. The molecule has 0 aliphatic heterocycles. The molecule has 0 aliphatic carbocycles. The molecule has 0 atom stereocenters. The molecule has 1 aromatic heterocycles. The summed E-state index contributed by atoms with van der Waals surface area (Å²) in [7, 11) is 0. The minimum absolute atomic E-state index is 0.207. The first kappa shape index (κ1) is 8.90. The lowest BCUT2D eigenvalue weighted by Gasteiger charge is -2.03. The first-order chi connectivity index (χ1) is 6.70. The van der Waals surface area contributed by atoms with Crippen LogP contribution in [0.4, 0.5) is 0 Å². The number of aromatic nitrogens is 2. The number of rotatable bonds is 1. The molecule has 4 nitrogen and oxygen atoms in total. The van der Waals surface area contributed by atoms with Gasteiger partial charge in [0.1, 0.15) is 11.6 Å². The van der Waals surface area contributed by atoms with E-state index in [-0.39, 0.29) is 5.75 Å². The van der Waals surface area contributed by atoms with Gasteiger partial charge >= 0.3 is 0 Å². The van der Waals surface area contributed by atoms with Gasteiger partial charge < -0.3 is 10.8 Å². The second-order valence-electron chi connectivity index (χ2n) is 3.13. The van der Waals surface area contributed by atoms with Crippen LogP contribution in [0.5, 0.6) is 5.75 Å². The van der Waals surface area contributed by atoms with E-state index in [1.165, 1.54) is 0 Å². The van der Waals surface area contributed by atoms with Crippen LogP contribution in [-0.4, -0.2) is 15.1 Å². The van der Waals surface area contributed by atoms with E-state index in [0.717, 1.165) is 16.6 Å². The maximum atomic E-state index is 9.29. The number of aryl methyl sites for hydroxylation is 1. The predicted molar refractivity (Wildman–Crippen MR) is 53.8 cm³/mol. The zero-order chi connectivity index (χ0) is 10.1. The average Bonchev–Trinajstić information content (AvgIpc) is 2.16. The summed E-state index contributed by atoms with van der Waals surface area (Å²) in [5.41, 5.74) is 7.08. The summed E-state index contributed by atoms with van der Waals surface area (Å²) in [6.45, 7) is 2.21. The first-order valence-electron chi connectivity index (χ1n) is 4.37. The van der Waals surface area contributed by atoms with E-state index in [1.54, 1.807) is 18.2 Å². The SMILES string of the molecule is Cc1nc(CN)nc2cc(O)ccc12. The van der Waals surface area contributed by atoms with Crippen molar-refractivity contribution in [2.45, 2.75) is 13.5 Å². The van der Waals surface area contributed by atoms with Crippen LogP contribution in [0.25, 0.3) is 10.9 Å².